The van der Waals surface area contributed by atoms with Crippen LogP contribution in [0.3, 0.4) is 0 Å². The molecule has 1 rings (SSSR count). The Hall–Kier alpha value is -1.03. The molecule has 0 fully saturated rings. The first-order chi connectivity index (χ1) is 6.90. The SMILES string of the molecule is Cc1cccc(NCCS(C)(=O)=O)c1C. The summed E-state index contributed by atoms with van der Waals surface area (Å²) >= 11 is 0. The van der Waals surface area contributed by atoms with Gasteiger partial charge < -0.3 is 5.32 Å². The Kier molecular flexibility index (Phi) is 3.74. The number of nitrogens with one attached hydrogen (secondary N) is 1. The Bertz CT molecular complexity index is 438. The lowest BCUT2D eigenvalue weighted by Crippen LogP contribution is -2.14. The molecule has 0 atom stereocenters. The molecule has 0 saturated heterocycles. The lowest BCUT2D eigenvalue weighted by Gasteiger charge is -2.10. The molecule has 0 aromatic heterocycles. The smallest absolute Gasteiger partial charge is 0.149 e. The van der Waals surface area contributed by atoms with E-state index in [0.717, 1.165) is 5.69 Å². The molecule has 0 amide bonds. The molecule has 0 aliphatic rings. The monoisotopic (exact) mass is 227 g/mol. The van der Waals surface area contributed by atoms with Gasteiger partial charge in [-0.05, 0) is 31.0 Å². The van der Waals surface area contributed by atoms with Gasteiger partial charge in [0.25, 0.3) is 0 Å². The molecule has 0 aliphatic carbocycles. The average Bonchev–Trinajstić information content (AvgIpc) is 2.10. The highest BCUT2D eigenvalue weighted by Crippen LogP contribution is 2.17. The van der Waals surface area contributed by atoms with E-state index in [9.17, 15) is 8.42 Å². The number of rotatable bonds is 4. The van der Waals surface area contributed by atoms with Crippen molar-refractivity contribution in [3.63, 3.8) is 0 Å². The van der Waals surface area contributed by atoms with Crippen molar-refractivity contribution in [1.29, 1.82) is 0 Å². The van der Waals surface area contributed by atoms with Crippen LogP contribution in [0.5, 0.6) is 0 Å². The molecule has 1 N–H and O–H groups in total. The zero-order valence-corrected chi connectivity index (χ0v) is 10.2. The van der Waals surface area contributed by atoms with Crippen molar-refractivity contribution in [2.75, 3.05) is 23.9 Å². The lowest BCUT2D eigenvalue weighted by atomic mass is 10.1. The number of anilines is 1. The largest absolute Gasteiger partial charge is 0.384 e. The van der Waals surface area contributed by atoms with Crippen LogP contribution < -0.4 is 5.32 Å². The first kappa shape index (κ1) is 12.0. The van der Waals surface area contributed by atoms with Gasteiger partial charge in [-0.15, -0.1) is 0 Å². The average molecular weight is 227 g/mol. The molecule has 0 heterocycles. The minimum Gasteiger partial charge on any atom is -0.384 e. The molecular weight excluding hydrogens is 210 g/mol. The van der Waals surface area contributed by atoms with Gasteiger partial charge in [0.1, 0.15) is 9.84 Å². The summed E-state index contributed by atoms with van der Waals surface area (Å²) in [5.74, 6) is 0.167. The standard InChI is InChI=1S/C11H17NO2S/c1-9-5-4-6-11(10(9)2)12-7-8-15(3,13)14/h4-6,12H,7-8H2,1-3H3. The maximum absolute atomic E-state index is 10.9. The first-order valence-corrected chi connectivity index (χ1v) is 6.94. The maximum atomic E-state index is 10.9. The van der Waals surface area contributed by atoms with E-state index >= 15 is 0 Å². The Labute approximate surface area is 91.4 Å². The molecule has 0 radical (unpaired) electrons. The van der Waals surface area contributed by atoms with Crippen LogP contribution >= 0.6 is 0 Å². The van der Waals surface area contributed by atoms with Gasteiger partial charge in [0, 0.05) is 18.5 Å². The number of sulfone groups is 1. The molecule has 1 aromatic carbocycles. The second kappa shape index (κ2) is 4.66. The van der Waals surface area contributed by atoms with E-state index in [4.69, 9.17) is 0 Å². The van der Waals surface area contributed by atoms with Crippen molar-refractivity contribution in [2.45, 2.75) is 13.8 Å². The van der Waals surface area contributed by atoms with Crippen LogP contribution in [0, 0.1) is 13.8 Å². The normalized spacial score (nSPS) is 11.4. The highest BCUT2D eigenvalue weighted by molar-refractivity contribution is 7.90. The summed E-state index contributed by atoms with van der Waals surface area (Å²) in [6.45, 7) is 4.53. The van der Waals surface area contributed by atoms with Crippen LogP contribution in [0.1, 0.15) is 11.1 Å². The van der Waals surface area contributed by atoms with Crippen molar-refractivity contribution in [1.82, 2.24) is 0 Å². The second-order valence-electron chi connectivity index (χ2n) is 3.80. The third-order valence-electron chi connectivity index (χ3n) is 2.39. The molecule has 0 unspecified atom stereocenters. The van der Waals surface area contributed by atoms with Crippen LogP contribution in [-0.4, -0.2) is 27.0 Å². The molecular formula is C11H17NO2S. The third-order valence-corrected chi connectivity index (χ3v) is 3.34. The Morgan fingerprint density at radius 1 is 1.27 bits per heavy atom. The van der Waals surface area contributed by atoms with E-state index < -0.39 is 9.84 Å². The Balaban J connectivity index is 2.62. The van der Waals surface area contributed by atoms with Gasteiger partial charge in [-0.2, -0.15) is 0 Å². The van der Waals surface area contributed by atoms with E-state index in [1.54, 1.807) is 0 Å². The minimum atomic E-state index is -2.88. The van der Waals surface area contributed by atoms with Crippen molar-refractivity contribution in [3.05, 3.63) is 29.3 Å². The van der Waals surface area contributed by atoms with Crippen molar-refractivity contribution < 1.29 is 8.42 Å². The van der Waals surface area contributed by atoms with Crippen molar-refractivity contribution in [2.24, 2.45) is 0 Å². The predicted octanol–water partition coefficient (Wildman–Crippen LogP) is 1.76. The predicted molar refractivity (Wildman–Crippen MR) is 64.1 cm³/mol. The number of aryl methyl sites for hydroxylation is 1. The first-order valence-electron chi connectivity index (χ1n) is 4.88. The summed E-state index contributed by atoms with van der Waals surface area (Å²) in [5.41, 5.74) is 3.39. The molecule has 3 nitrogen and oxygen atoms in total. The van der Waals surface area contributed by atoms with E-state index in [1.807, 2.05) is 32.0 Å². The van der Waals surface area contributed by atoms with E-state index in [2.05, 4.69) is 5.32 Å². The highest BCUT2D eigenvalue weighted by Gasteiger charge is 2.03. The van der Waals surface area contributed by atoms with Crippen molar-refractivity contribution >= 4 is 15.5 Å². The van der Waals surface area contributed by atoms with Crippen LogP contribution in [0.25, 0.3) is 0 Å². The summed E-state index contributed by atoms with van der Waals surface area (Å²) in [5, 5.41) is 3.13. The molecule has 15 heavy (non-hydrogen) atoms. The molecule has 0 saturated carbocycles. The van der Waals surface area contributed by atoms with Gasteiger partial charge in [-0.3, -0.25) is 0 Å². The Morgan fingerprint density at radius 3 is 2.53 bits per heavy atom. The Morgan fingerprint density at radius 2 is 1.93 bits per heavy atom. The van der Waals surface area contributed by atoms with Crippen LogP contribution in [0.4, 0.5) is 5.69 Å². The lowest BCUT2D eigenvalue weighted by molar-refractivity contribution is 0.602. The molecule has 1 aromatic rings. The number of hydrogen-bond acceptors (Lipinski definition) is 3. The second-order valence-corrected chi connectivity index (χ2v) is 6.06. The van der Waals surface area contributed by atoms with Gasteiger partial charge in [0.2, 0.25) is 0 Å². The highest BCUT2D eigenvalue weighted by atomic mass is 32.2. The maximum Gasteiger partial charge on any atom is 0.149 e. The summed E-state index contributed by atoms with van der Waals surface area (Å²) in [4.78, 5) is 0. The van der Waals surface area contributed by atoms with Crippen LogP contribution in [0.15, 0.2) is 18.2 Å². The van der Waals surface area contributed by atoms with Gasteiger partial charge in [-0.1, -0.05) is 12.1 Å². The summed E-state index contributed by atoms with van der Waals surface area (Å²) in [6, 6.07) is 5.97. The quantitative estimate of drug-likeness (QED) is 0.852. The summed E-state index contributed by atoms with van der Waals surface area (Å²) in [7, 11) is -2.88. The summed E-state index contributed by atoms with van der Waals surface area (Å²) in [6.07, 6.45) is 1.25. The number of benzene rings is 1. The van der Waals surface area contributed by atoms with Gasteiger partial charge in [0.15, 0.2) is 0 Å². The van der Waals surface area contributed by atoms with E-state index in [1.165, 1.54) is 17.4 Å². The summed E-state index contributed by atoms with van der Waals surface area (Å²) < 4.78 is 21.9. The topological polar surface area (TPSA) is 46.2 Å². The van der Waals surface area contributed by atoms with Crippen LogP contribution in [-0.2, 0) is 9.84 Å². The fraction of sp³-hybridized carbons (Fsp3) is 0.455. The van der Waals surface area contributed by atoms with Gasteiger partial charge >= 0.3 is 0 Å². The molecule has 84 valence electrons. The molecule has 0 bridgehead atoms. The molecule has 0 spiro atoms. The van der Waals surface area contributed by atoms with Crippen molar-refractivity contribution in [3.8, 4) is 0 Å². The zero-order valence-electron chi connectivity index (χ0n) is 9.37. The fourth-order valence-electron chi connectivity index (χ4n) is 1.31. The minimum absolute atomic E-state index is 0.167. The number of hydrogen-bond donors (Lipinski definition) is 1. The van der Waals surface area contributed by atoms with Gasteiger partial charge in [-0.25, -0.2) is 8.42 Å². The van der Waals surface area contributed by atoms with Crippen LogP contribution in [0.2, 0.25) is 0 Å². The van der Waals surface area contributed by atoms with E-state index in [0.29, 0.717) is 6.54 Å². The fourth-order valence-corrected chi connectivity index (χ4v) is 1.79. The van der Waals surface area contributed by atoms with Gasteiger partial charge in [0.05, 0.1) is 5.75 Å². The molecule has 0 aliphatic heterocycles. The molecule has 4 heteroatoms. The third kappa shape index (κ3) is 3.91. The zero-order chi connectivity index (χ0) is 11.5. The van der Waals surface area contributed by atoms with E-state index in [-0.39, 0.29) is 5.75 Å².